The molecule has 1 heterocycles. The predicted octanol–water partition coefficient (Wildman–Crippen LogP) is 2.49. The molecule has 2 unspecified atom stereocenters. The Hall–Kier alpha value is -1.06. The minimum absolute atomic E-state index is 0.389. The van der Waals surface area contributed by atoms with Gasteiger partial charge in [-0.3, -0.25) is 0 Å². The summed E-state index contributed by atoms with van der Waals surface area (Å²) in [5.74, 6) is 0.917. The van der Waals surface area contributed by atoms with E-state index in [1.54, 1.807) is 7.11 Å². The predicted molar refractivity (Wildman–Crippen MR) is 75.1 cm³/mol. The highest BCUT2D eigenvalue weighted by Gasteiger charge is 2.13. The van der Waals surface area contributed by atoms with Gasteiger partial charge in [0.1, 0.15) is 5.75 Å². The van der Waals surface area contributed by atoms with Crippen LogP contribution in [0.3, 0.4) is 0 Å². The van der Waals surface area contributed by atoms with Crippen LogP contribution in [0.1, 0.15) is 37.8 Å². The maximum Gasteiger partial charge on any atom is 0.118 e. The minimum Gasteiger partial charge on any atom is -0.497 e. The molecule has 0 amide bonds. The summed E-state index contributed by atoms with van der Waals surface area (Å²) in [6.45, 7) is 4.43. The molecule has 2 N–H and O–H groups in total. The molecule has 0 bridgehead atoms. The lowest BCUT2D eigenvalue weighted by atomic mass is 10.0. The number of rotatable bonds is 5. The molecule has 1 aromatic carbocycles. The largest absolute Gasteiger partial charge is 0.497 e. The highest BCUT2D eigenvalue weighted by atomic mass is 16.5. The van der Waals surface area contributed by atoms with Crippen molar-refractivity contribution in [3.63, 3.8) is 0 Å². The molecular weight excluding hydrogens is 224 g/mol. The van der Waals surface area contributed by atoms with Crippen molar-refractivity contribution in [1.82, 2.24) is 10.6 Å². The van der Waals surface area contributed by atoms with Crippen LogP contribution in [-0.4, -0.2) is 26.2 Å². The molecule has 3 nitrogen and oxygen atoms in total. The van der Waals surface area contributed by atoms with Crippen molar-refractivity contribution in [3.8, 4) is 5.75 Å². The fourth-order valence-electron chi connectivity index (χ4n) is 2.43. The van der Waals surface area contributed by atoms with E-state index in [4.69, 9.17) is 4.74 Å². The summed E-state index contributed by atoms with van der Waals surface area (Å²) in [4.78, 5) is 0. The number of hydrogen-bond donors (Lipinski definition) is 2. The average Bonchev–Trinajstić information content (AvgIpc) is 2.46. The van der Waals surface area contributed by atoms with E-state index >= 15 is 0 Å². The van der Waals surface area contributed by atoms with Crippen LogP contribution in [0.5, 0.6) is 5.75 Å². The Morgan fingerprint density at radius 3 is 2.72 bits per heavy atom. The summed E-state index contributed by atoms with van der Waals surface area (Å²) < 4.78 is 5.17. The number of hydrogen-bond acceptors (Lipinski definition) is 3. The van der Waals surface area contributed by atoms with E-state index in [0.717, 1.165) is 12.3 Å². The quantitative estimate of drug-likeness (QED) is 0.840. The van der Waals surface area contributed by atoms with Gasteiger partial charge in [0.05, 0.1) is 7.11 Å². The maximum atomic E-state index is 5.17. The second-order valence-electron chi connectivity index (χ2n) is 5.05. The normalized spacial score (nSPS) is 21.6. The molecule has 1 aromatic rings. The molecular formula is C15H24N2O. The van der Waals surface area contributed by atoms with Crippen molar-refractivity contribution in [3.05, 3.63) is 29.8 Å². The van der Waals surface area contributed by atoms with E-state index in [9.17, 15) is 0 Å². The highest BCUT2D eigenvalue weighted by Crippen LogP contribution is 2.17. The van der Waals surface area contributed by atoms with Crippen LogP contribution >= 0.6 is 0 Å². The van der Waals surface area contributed by atoms with Gasteiger partial charge in [-0.1, -0.05) is 18.6 Å². The lowest BCUT2D eigenvalue weighted by molar-refractivity contribution is 0.371. The monoisotopic (exact) mass is 248 g/mol. The third-order valence-corrected chi connectivity index (χ3v) is 3.70. The number of ether oxygens (including phenoxy) is 1. The van der Waals surface area contributed by atoms with E-state index in [-0.39, 0.29) is 0 Å². The number of benzene rings is 1. The van der Waals surface area contributed by atoms with Gasteiger partial charge in [-0.2, -0.15) is 0 Å². The molecule has 0 aromatic heterocycles. The van der Waals surface area contributed by atoms with Crippen LogP contribution in [0.25, 0.3) is 0 Å². The van der Waals surface area contributed by atoms with Gasteiger partial charge >= 0.3 is 0 Å². The Kier molecular flexibility index (Phi) is 5.02. The summed E-state index contributed by atoms with van der Waals surface area (Å²) in [7, 11) is 1.70. The van der Waals surface area contributed by atoms with Crippen LogP contribution in [0, 0.1) is 0 Å². The summed E-state index contributed by atoms with van der Waals surface area (Å²) in [6.07, 6.45) is 3.98. The van der Waals surface area contributed by atoms with Gasteiger partial charge in [0.2, 0.25) is 0 Å². The summed E-state index contributed by atoms with van der Waals surface area (Å²) in [5, 5.41) is 7.16. The van der Waals surface area contributed by atoms with Gasteiger partial charge < -0.3 is 15.4 Å². The Morgan fingerprint density at radius 2 is 2.11 bits per heavy atom. The van der Waals surface area contributed by atoms with E-state index < -0.39 is 0 Å². The van der Waals surface area contributed by atoms with Crippen molar-refractivity contribution in [2.75, 3.05) is 20.2 Å². The SMILES string of the molecule is COc1ccc(C(C)NCC2CCCCN2)cc1. The maximum absolute atomic E-state index is 5.17. The average molecular weight is 248 g/mol. The molecule has 0 spiro atoms. The Morgan fingerprint density at radius 1 is 1.33 bits per heavy atom. The van der Waals surface area contributed by atoms with E-state index in [2.05, 4.69) is 29.7 Å². The zero-order valence-corrected chi connectivity index (χ0v) is 11.4. The Bertz CT molecular complexity index is 344. The van der Waals surface area contributed by atoms with Gasteiger partial charge in [0, 0.05) is 18.6 Å². The first-order valence-corrected chi connectivity index (χ1v) is 6.90. The van der Waals surface area contributed by atoms with Crippen molar-refractivity contribution in [2.24, 2.45) is 0 Å². The first kappa shape index (κ1) is 13.4. The van der Waals surface area contributed by atoms with Gasteiger partial charge in [-0.15, -0.1) is 0 Å². The molecule has 2 atom stereocenters. The Balaban J connectivity index is 1.80. The lowest BCUT2D eigenvalue weighted by Crippen LogP contribution is -2.42. The molecule has 1 saturated heterocycles. The minimum atomic E-state index is 0.389. The molecule has 2 rings (SSSR count). The van der Waals surface area contributed by atoms with E-state index in [0.29, 0.717) is 12.1 Å². The summed E-state index contributed by atoms with van der Waals surface area (Å²) in [6, 6.07) is 9.33. The number of nitrogens with one attached hydrogen (secondary N) is 2. The fraction of sp³-hybridized carbons (Fsp3) is 0.600. The van der Waals surface area contributed by atoms with Crippen molar-refractivity contribution < 1.29 is 4.74 Å². The number of methoxy groups -OCH3 is 1. The first-order chi connectivity index (χ1) is 8.79. The molecule has 1 fully saturated rings. The molecule has 3 heteroatoms. The van der Waals surface area contributed by atoms with Crippen LogP contribution in [-0.2, 0) is 0 Å². The highest BCUT2D eigenvalue weighted by molar-refractivity contribution is 5.28. The first-order valence-electron chi connectivity index (χ1n) is 6.90. The van der Waals surface area contributed by atoms with Gasteiger partial charge in [-0.25, -0.2) is 0 Å². The van der Waals surface area contributed by atoms with Crippen molar-refractivity contribution in [2.45, 2.75) is 38.3 Å². The van der Waals surface area contributed by atoms with Crippen molar-refractivity contribution >= 4 is 0 Å². The molecule has 0 aliphatic carbocycles. The molecule has 1 aliphatic rings. The molecule has 1 aliphatic heterocycles. The smallest absolute Gasteiger partial charge is 0.118 e. The molecule has 0 radical (unpaired) electrons. The Labute approximate surface area is 110 Å². The third-order valence-electron chi connectivity index (χ3n) is 3.70. The van der Waals surface area contributed by atoms with Crippen LogP contribution < -0.4 is 15.4 Å². The zero-order chi connectivity index (χ0) is 12.8. The molecule has 100 valence electrons. The van der Waals surface area contributed by atoms with Crippen molar-refractivity contribution in [1.29, 1.82) is 0 Å². The summed E-state index contributed by atoms with van der Waals surface area (Å²) in [5.41, 5.74) is 1.31. The van der Waals surface area contributed by atoms with E-state index in [1.165, 1.54) is 31.4 Å². The van der Waals surface area contributed by atoms with E-state index in [1.807, 2.05) is 12.1 Å². The van der Waals surface area contributed by atoms with Crippen LogP contribution in [0.2, 0.25) is 0 Å². The topological polar surface area (TPSA) is 33.3 Å². The lowest BCUT2D eigenvalue weighted by Gasteiger charge is -2.25. The molecule has 0 saturated carbocycles. The summed E-state index contributed by atoms with van der Waals surface area (Å²) >= 11 is 0. The van der Waals surface area contributed by atoms with Gasteiger partial charge in [-0.05, 0) is 44.0 Å². The van der Waals surface area contributed by atoms with Crippen LogP contribution in [0.15, 0.2) is 24.3 Å². The van der Waals surface area contributed by atoms with Gasteiger partial charge in [0.25, 0.3) is 0 Å². The second kappa shape index (κ2) is 6.76. The third kappa shape index (κ3) is 3.72. The standard InChI is InChI=1S/C15H24N2O/c1-12(13-6-8-15(18-2)9-7-13)17-11-14-5-3-4-10-16-14/h6-9,12,14,16-17H,3-5,10-11H2,1-2H3. The fourth-order valence-corrected chi connectivity index (χ4v) is 2.43. The van der Waals surface area contributed by atoms with Crippen LogP contribution in [0.4, 0.5) is 0 Å². The number of piperidine rings is 1. The zero-order valence-electron chi connectivity index (χ0n) is 11.4. The van der Waals surface area contributed by atoms with Gasteiger partial charge in [0.15, 0.2) is 0 Å². The molecule has 18 heavy (non-hydrogen) atoms. The second-order valence-corrected chi connectivity index (χ2v) is 5.05.